The normalized spacial score (nSPS) is 18.2. The van der Waals surface area contributed by atoms with E-state index in [1.807, 2.05) is 30.5 Å². The van der Waals surface area contributed by atoms with E-state index in [9.17, 15) is 5.11 Å². The largest absolute Gasteiger partial charge is 0.394 e. The second kappa shape index (κ2) is 5.42. The molecule has 3 heterocycles. The van der Waals surface area contributed by atoms with Crippen molar-refractivity contribution in [1.29, 1.82) is 0 Å². The van der Waals surface area contributed by atoms with Crippen LogP contribution in [0.1, 0.15) is 12.8 Å². The summed E-state index contributed by atoms with van der Waals surface area (Å²) < 4.78 is 0. The third-order valence-electron chi connectivity index (χ3n) is 4.37. The fourth-order valence-corrected chi connectivity index (χ4v) is 3.23. The van der Waals surface area contributed by atoms with Crippen molar-refractivity contribution in [3.8, 4) is 11.3 Å². The Morgan fingerprint density at radius 1 is 1.27 bits per heavy atom. The summed E-state index contributed by atoms with van der Waals surface area (Å²) in [6.45, 7) is 1.13. The van der Waals surface area contributed by atoms with Gasteiger partial charge in [0.05, 0.1) is 18.2 Å². The van der Waals surface area contributed by atoms with Crippen molar-refractivity contribution in [2.45, 2.75) is 18.9 Å². The first-order valence-corrected chi connectivity index (χ1v) is 7.64. The van der Waals surface area contributed by atoms with Gasteiger partial charge in [0.2, 0.25) is 0 Å². The molecule has 0 unspecified atom stereocenters. The highest BCUT2D eigenvalue weighted by molar-refractivity contribution is 5.93. The van der Waals surface area contributed by atoms with Gasteiger partial charge in [-0.25, -0.2) is 4.98 Å². The van der Waals surface area contributed by atoms with Crippen molar-refractivity contribution in [3.05, 3.63) is 42.6 Å². The average Bonchev–Trinajstić information content (AvgIpc) is 3.21. The molecule has 0 amide bonds. The van der Waals surface area contributed by atoms with Crippen LogP contribution >= 0.6 is 0 Å². The molecule has 22 heavy (non-hydrogen) atoms. The number of hydrogen-bond donors (Lipinski definition) is 2. The first-order valence-electron chi connectivity index (χ1n) is 7.64. The lowest BCUT2D eigenvalue weighted by atomic mass is 10.1. The van der Waals surface area contributed by atoms with Crippen LogP contribution in [0.25, 0.3) is 22.2 Å². The zero-order chi connectivity index (χ0) is 14.9. The van der Waals surface area contributed by atoms with Gasteiger partial charge in [0.25, 0.3) is 0 Å². The number of fused-ring (bicyclic) bond motifs is 1. The van der Waals surface area contributed by atoms with Crippen molar-refractivity contribution in [2.75, 3.05) is 18.1 Å². The number of benzene rings is 1. The van der Waals surface area contributed by atoms with Crippen LogP contribution in [0, 0.1) is 0 Å². The molecule has 4 rings (SSSR count). The maximum Gasteiger partial charge on any atom is 0.129 e. The van der Waals surface area contributed by atoms with Gasteiger partial charge in [-0.05, 0) is 31.0 Å². The van der Waals surface area contributed by atoms with E-state index in [2.05, 4.69) is 32.2 Å². The number of rotatable bonds is 3. The number of hydrogen-bond acceptors (Lipinski definition) is 4. The Kier molecular flexibility index (Phi) is 3.27. The Morgan fingerprint density at radius 2 is 2.18 bits per heavy atom. The number of aromatic amines is 1. The Labute approximate surface area is 128 Å². The second-order valence-electron chi connectivity index (χ2n) is 5.69. The van der Waals surface area contributed by atoms with Crippen LogP contribution in [-0.4, -0.2) is 39.5 Å². The van der Waals surface area contributed by atoms with Gasteiger partial charge in [0, 0.05) is 23.7 Å². The first kappa shape index (κ1) is 13.3. The number of aromatic nitrogens is 3. The van der Waals surface area contributed by atoms with Crippen LogP contribution < -0.4 is 4.90 Å². The zero-order valence-corrected chi connectivity index (χ0v) is 12.2. The van der Waals surface area contributed by atoms with Crippen molar-refractivity contribution in [2.24, 2.45) is 0 Å². The van der Waals surface area contributed by atoms with Crippen LogP contribution in [0.5, 0.6) is 0 Å². The maximum absolute atomic E-state index is 9.51. The smallest absolute Gasteiger partial charge is 0.129 e. The molecule has 0 saturated carbocycles. The summed E-state index contributed by atoms with van der Waals surface area (Å²) in [5, 5.41) is 18.1. The lowest BCUT2D eigenvalue weighted by molar-refractivity contribution is 0.266. The molecular weight excluding hydrogens is 276 g/mol. The van der Waals surface area contributed by atoms with Crippen LogP contribution in [0.3, 0.4) is 0 Å². The van der Waals surface area contributed by atoms with Gasteiger partial charge in [-0.3, -0.25) is 5.10 Å². The van der Waals surface area contributed by atoms with E-state index in [1.165, 1.54) is 0 Å². The van der Waals surface area contributed by atoms with E-state index < -0.39 is 0 Å². The van der Waals surface area contributed by atoms with Gasteiger partial charge in [0.1, 0.15) is 11.5 Å². The Bertz CT molecular complexity index is 798. The Balaban J connectivity index is 1.76. The minimum atomic E-state index is 0.178. The van der Waals surface area contributed by atoms with E-state index in [4.69, 9.17) is 0 Å². The first-order chi connectivity index (χ1) is 10.9. The molecule has 1 fully saturated rings. The van der Waals surface area contributed by atoms with Crippen LogP contribution in [-0.2, 0) is 0 Å². The zero-order valence-electron chi connectivity index (χ0n) is 12.2. The second-order valence-corrected chi connectivity index (χ2v) is 5.69. The molecule has 0 aliphatic carbocycles. The van der Waals surface area contributed by atoms with E-state index in [-0.39, 0.29) is 12.6 Å². The number of aliphatic hydroxyl groups is 1. The van der Waals surface area contributed by atoms with Gasteiger partial charge in [-0.1, -0.05) is 18.2 Å². The van der Waals surface area contributed by atoms with Gasteiger partial charge >= 0.3 is 0 Å². The minimum Gasteiger partial charge on any atom is -0.394 e. The molecule has 3 aromatic rings. The summed E-state index contributed by atoms with van der Waals surface area (Å²) in [5.74, 6) is 0.918. The van der Waals surface area contributed by atoms with Crippen LogP contribution in [0.2, 0.25) is 0 Å². The molecule has 112 valence electrons. The number of anilines is 1. The quantitative estimate of drug-likeness (QED) is 0.779. The molecule has 1 aliphatic heterocycles. The SMILES string of the molecule is OC[C@H]1CCCN1c1cc(-c2n[nH]c3ccccc23)ccn1. The molecule has 0 bridgehead atoms. The van der Waals surface area contributed by atoms with Gasteiger partial charge in [0.15, 0.2) is 0 Å². The van der Waals surface area contributed by atoms with Crippen molar-refractivity contribution < 1.29 is 5.11 Å². The fourth-order valence-electron chi connectivity index (χ4n) is 3.23. The third-order valence-corrected chi connectivity index (χ3v) is 4.37. The predicted molar refractivity (Wildman–Crippen MR) is 86.8 cm³/mol. The van der Waals surface area contributed by atoms with Gasteiger partial charge in [-0.2, -0.15) is 5.10 Å². The fraction of sp³-hybridized carbons (Fsp3) is 0.294. The Morgan fingerprint density at radius 3 is 3.09 bits per heavy atom. The van der Waals surface area contributed by atoms with Crippen molar-refractivity contribution in [1.82, 2.24) is 15.2 Å². The van der Waals surface area contributed by atoms with Crippen LogP contribution in [0.4, 0.5) is 5.82 Å². The highest BCUT2D eigenvalue weighted by Crippen LogP contribution is 2.30. The molecule has 1 aromatic carbocycles. The van der Waals surface area contributed by atoms with Gasteiger partial charge in [-0.15, -0.1) is 0 Å². The van der Waals surface area contributed by atoms with E-state index >= 15 is 0 Å². The molecule has 1 saturated heterocycles. The molecule has 2 aromatic heterocycles. The summed E-state index contributed by atoms with van der Waals surface area (Å²) in [4.78, 5) is 6.68. The van der Waals surface area contributed by atoms with E-state index in [1.54, 1.807) is 0 Å². The third kappa shape index (κ3) is 2.14. The number of nitrogens with one attached hydrogen (secondary N) is 1. The maximum atomic E-state index is 9.51. The Hall–Kier alpha value is -2.40. The molecule has 1 aliphatic rings. The minimum absolute atomic E-state index is 0.178. The standard InChI is InChI=1S/C17H18N4O/c22-11-13-4-3-9-21(13)16-10-12(7-8-18-16)17-14-5-1-2-6-15(14)19-20-17/h1-2,5-8,10,13,22H,3-4,9,11H2,(H,19,20)/t13-/m1/s1. The molecule has 0 spiro atoms. The van der Waals surface area contributed by atoms with Crippen LogP contribution in [0.15, 0.2) is 42.6 Å². The number of H-pyrrole nitrogens is 1. The van der Waals surface area contributed by atoms with Gasteiger partial charge < -0.3 is 10.0 Å². The summed E-state index contributed by atoms with van der Waals surface area (Å²) in [6, 6.07) is 12.3. The summed E-state index contributed by atoms with van der Waals surface area (Å²) >= 11 is 0. The van der Waals surface area contributed by atoms with E-state index in [0.29, 0.717) is 0 Å². The number of nitrogens with zero attached hydrogens (tertiary/aromatic N) is 3. The van der Waals surface area contributed by atoms with Crippen molar-refractivity contribution >= 4 is 16.7 Å². The number of para-hydroxylation sites is 1. The molecule has 5 heteroatoms. The molecule has 5 nitrogen and oxygen atoms in total. The molecular formula is C17H18N4O. The summed E-state index contributed by atoms with van der Waals surface area (Å²) in [6.07, 6.45) is 3.94. The molecule has 1 atom stereocenters. The lowest BCUT2D eigenvalue weighted by Gasteiger charge is -2.24. The summed E-state index contributed by atoms with van der Waals surface area (Å²) in [5.41, 5.74) is 3.02. The predicted octanol–water partition coefficient (Wildman–Crippen LogP) is 2.59. The topological polar surface area (TPSA) is 65.0 Å². The van der Waals surface area contributed by atoms with Crippen molar-refractivity contribution in [3.63, 3.8) is 0 Å². The highest BCUT2D eigenvalue weighted by Gasteiger charge is 2.25. The van der Waals surface area contributed by atoms with E-state index in [0.717, 1.165) is 47.4 Å². The monoisotopic (exact) mass is 294 g/mol. The molecule has 0 radical (unpaired) electrons. The summed E-state index contributed by atoms with van der Waals surface area (Å²) in [7, 11) is 0. The lowest BCUT2D eigenvalue weighted by Crippen LogP contribution is -2.32. The average molecular weight is 294 g/mol. The number of aliphatic hydroxyl groups excluding tert-OH is 1. The number of pyridine rings is 1. The highest BCUT2D eigenvalue weighted by atomic mass is 16.3. The molecule has 2 N–H and O–H groups in total.